The van der Waals surface area contributed by atoms with Gasteiger partial charge in [0.25, 0.3) is 5.91 Å². The molecule has 1 aromatic heterocycles. The van der Waals surface area contributed by atoms with Crippen molar-refractivity contribution in [1.29, 1.82) is 0 Å². The van der Waals surface area contributed by atoms with E-state index in [0.717, 1.165) is 0 Å². The molecule has 6 nitrogen and oxygen atoms in total. The number of hydrogen-bond acceptors (Lipinski definition) is 6. The molecule has 1 fully saturated rings. The van der Waals surface area contributed by atoms with E-state index in [1.807, 2.05) is 6.26 Å². The van der Waals surface area contributed by atoms with Gasteiger partial charge in [-0.05, 0) is 19.6 Å². The van der Waals surface area contributed by atoms with Crippen LogP contribution in [0.1, 0.15) is 23.7 Å². The number of carbonyl (C=O) groups excluding carboxylic acids is 1. The monoisotopic (exact) mass is 301 g/mol. The van der Waals surface area contributed by atoms with Crippen LogP contribution in [-0.4, -0.2) is 47.6 Å². The Morgan fingerprint density at radius 2 is 2.05 bits per heavy atom. The van der Waals surface area contributed by atoms with E-state index in [1.54, 1.807) is 6.92 Å². The van der Waals surface area contributed by atoms with Crippen LogP contribution in [-0.2, 0) is 9.84 Å². The second kappa shape index (κ2) is 5.09. The molecule has 0 saturated carbocycles. The lowest BCUT2D eigenvalue weighted by Gasteiger charge is -2.23. The second-order valence-electron chi connectivity index (χ2n) is 4.82. The van der Waals surface area contributed by atoms with Crippen LogP contribution >= 0.6 is 11.8 Å². The van der Waals surface area contributed by atoms with Crippen molar-refractivity contribution >= 4 is 27.5 Å². The number of sulfone groups is 1. The Bertz CT molecular complexity index is 586. The number of hydrogen-bond donors (Lipinski definition) is 1. The zero-order valence-electron chi connectivity index (χ0n) is 10.7. The van der Waals surface area contributed by atoms with E-state index in [2.05, 4.69) is 15.3 Å². The van der Waals surface area contributed by atoms with Gasteiger partial charge in [-0.3, -0.25) is 4.79 Å². The van der Waals surface area contributed by atoms with Crippen molar-refractivity contribution in [2.24, 2.45) is 0 Å². The van der Waals surface area contributed by atoms with Crippen molar-refractivity contribution in [2.75, 3.05) is 17.8 Å². The van der Waals surface area contributed by atoms with E-state index in [4.69, 9.17) is 0 Å². The van der Waals surface area contributed by atoms with E-state index in [1.165, 1.54) is 24.2 Å². The maximum Gasteiger partial charge on any atom is 0.254 e. The highest BCUT2D eigenvalue weighted by Crippen LogP contribution is 2.23. The maximum absolute atomic E-state index is 12.0. The Balaban J connectivity index is 2.08. The summed E-state index contributed by atoms with van der Waals surface area (Å²) in [6, 6.07) is 0. The molecule has 19 heavy (non-hydrogen) atoms. The number of aromatic nitrogens is 2. The fraction of sp³-hybridized carbons (Fsp3) is 0.545. The molecule has 1 N–H and O–H groups in total. The molecule has 8 heteroatoms. The maximum atomic E-state index is 12.0. The van der Waals surface area contributed by atoms with Crippen LogP contribution in [0.3, 0.4) is 0 Å². The highest BCUT2D eigenvalue weighted by molar-refractivity contribution is 7.98. The lowest BCUT2D eigenvalue weighted by atomic mass is 10.0. The summed E-state index contributed by atoms with van der Waals surface area (Å²) in [6.45, 7) is 1.74. The SMILES string of the molecule is CSc1ncc(C(=O)N[C@]2(C)CCS(=O)(=O)C2)cn1. The largest absolute Gasteiger partial charge is 0.346 e. The van der Waals surface area contributed by atoms with Crippen molar-refractivity contribution in [3.05, 3.63) is 18.0 Å². The Morgan fingerprint density at radius 3 is 2.53 bits per heavy atom. The Morgan fingerprint density at radius 1 is 1.42 bits per heavy atom. The average molecular weight is 301 g/mol. The van der Waals surface area contributed by atoms with Crippen molar-refractivity contribution in [3.63, 3.8) is 0 Å². The second-order valence-corrected chi connectivity index (χ2v) is 7.77. The third kappa shape index (κ3) is 3.44. The summed E-state index contributed by atoms with van der Waals surface area (Å²) in [7, 11) is -3.04. The van der Waals surface area contributed by atoms with Crippen LogP contribution in [0.2, 0.25) is 0 Å². The summed E-state index contributed by atoms with van der Waals surface area (Å²) >= 11 is 1.39. The molecule has 2 heterocycles. The third-order valence-electron chi connectivity index (χ3n) is 2.99. The molecule has 0 aromatic carbocycles. The van der Waals surface area contributed by atoms with Gasteiger partial charge >= 0.3 is 0 Å². The summed E-state index contributed by atoms with van der Waals surface area (Å²) in [5.41, 5.74) is -0.364. The van der Waals surface area contributed by atoms with E-state index in [0.29, 0.717) is 17.1 Å². The fourth-order valence-electron chi connectivity index (χ4n) is 1.99. The number of amides is 1. The summed E-state index contributed by atoms with van der Waals surface area (Å²) in [6.07, 6.45) is 5.17. The highest BCUT2D eigenvalue weighted by atomic mass is 32.2. The molecular weight excluding hydrogens is 286 g/mol. The minimum atomic E-state index is -3.04. The molecule has 0 aliphatic carbocycles. The number of nitrogens with zero attached hydrogens (tertiary/aromatic N) is 2. The van der Waals surface area contributed by atoms with Crippen LogP contribution in [0.4, 0.5) is 0 Å². The number of carbonyl (C=O) groups is 1. The van der Waals surface area contributed by atoms with Crippen molar-refractivity contribution in [2.45, 2.75) is 24.0 Å². The van der Waals surface area contributed by atoms with Gasteiger partial charge < -0.3 is 5.32 Å². The van der Waals surface area contributed by atoms with Gasteiger partial charge in [0, 0.05) is 12.4 Å². The van der Waals surface area contributed by atoms with E-state index in [-0.39, 0.29) is 17.4 Å². The van der Waals surface area contributed by atoms with Crippen LogP contribution in [0, 0.1) is 0 Å². The van der Waals surface area contributed by atoms with Gasteiger partial charge in [0.2, 0.25) is 0 Å². The smallest absolute Gasteiger partial charge is 0.254 e. The summed E-state index contributed by atoms with van der Waals surface area (Å²) in [5.74, 6) is -0.242. The Labute approximate surface area is 116 Å². The van der Waals surface area contributed by atoms with Crippen LogP contribution in [0.25, 0.3) is 0 Å². The van der Waals surface area contributed by atoms with E-state index >= 15 is 0 Å². The quantitative estimate of drug-likeness (QED) is 0.646. The number of thioether (sulfide) groups is 1. The van der Waals surface area contributed by atoms with Gasteiger partial charge in [0.1, 0.15) is 0 Å². The van der Waals surface area contributed by atoms with Gasteiger partial charge in [-0.2, -0.15) is 0 Å². The van der Waals surface area contributed by atoms with Gasteiger partial charge in [-0.1, -0.05) is 11.8 Å². The van der Waals surface area contributed by atoms with Gasteiger partial charge in [-0.15, -0.1) is 0 Å². The lowest BCUT2D eigenvalue weighted by molar-refractivity contribution is 0.0914. The first-order valence-electron chi connectivity index (χ1n) is 5.73. The molecule has 1 aromatic rings. The normalized spacial score (nSPS) is 25.2. The molecule has 1 saturated heterocycles. The average Bonchev–Trinajstić information content (AvgIpc) is 2.63. The predicted octanol–water partition coefficient (Wildman–Crippen LogP) is 0.505. The molecule has 0 bridgehead atoms. The first-order chi connectivity index (χ1) is 8.84. The van der Waals surface area contributed by atoms with Gasteiger partial charge in [0.15, 0.2) is 15.0 Å². The number of nitrogens with one attached hydrogen (secondary N) is 1. The molecular formula is C11H15N3O3S2. The zero-order valence-corrected chi connectivity index (χ0v) is 12.3. The molecule has 1 amide bonds. The molecule has 104 valence electrons. The topological polar surface area (TPSA) is 89.0 Å². The molecule has 0 radical (unpaired) electrons. The van der Waals surface area contributed by atoms with E-state index < -0.39 is 15.4 Å². The Hall–Kier alpha value is -1.15. The highest BCUT2D eigenvalue weighted by Gasteiger charge is 2.39. The first kappa shape index (κ1) is 14.3. The van der Waals surface area contributed by atoms with E-state index in [9.17, 15) is 13.2 Å². The molecule has 2 rings (SSSR count). The minimum Gasteiger partial charge on any atom is -0.346 e. The summed E-state index contributed by atoms with van der Waals surface area (Å²) < 4.78 is 22.9. The number of rotatable bonds is 3. The van der Waals surface area contributed by atoms with Crippen molar-refractivity contribution < 1.29 is 13.2 Å². The molecule has 1 aliphatic rings. The molecule has 1 aliphatic heterocycles. The minimum absolute atomic E-state index is 0.0184. The molecule has 0 unspecified atom stereocenters. The molecule has 0 spiro atoms. The van der Waals surface area contributed by atoms with Crippen LogP contribution in [0.5, 0.6) is 0 Å². The van der Waals surface area contributed by atoms with Crippen LogP contribution in [0.15, 0.2) is 17.6 Å². The van der Waals surface area contributed by atoms with Gasteiger partial charge in [0.05, 0.1) is 22.6 Å². The summed E-state index contributed by atoms with van der Waals surface area (Å²) in [5, 5.41) is 3.35. The summed E-state index contributed by atoms with van der Waals surface area (Å²) in [4.78, 5) is 20.1. The Kier molecular flexibility index (Phi) is 3.82. The fourth-order valence-corrected chi connectivity index (χ4v) is 4.40. The third-order valence-corrected chi connectivity index (χ3v) is 5.47. The van der Waals surface area contributed by atoms with Gasteiger partial charge in [-0.25, -0.2) is 18.4 Å². The zero-order chi connectivity index (χ0) is 14.1. The van der Waals surface area contributed by atoms with Crippen LogP contribution < -0.4 is 5.32 Å². The van der Waals surface area contributed by atoms with Crippen molar-refractivity contribution in [1.82, 2.24) is 15.3 Å². The predicted molar refractivity (Wildman–Crippen MR) is 73.0 cm³/mol. The lowest BCUT2D eigenvalue weighted by Crippen LogP contribution is -2.47. The standard InChI is InChI=1S/C11H15N3O3S2/c1-11(3-4-19(16,17)7-11)14-9(15)8-5-12-10(18-2)13-6-8/h5-6H,3-4,7H2,1-2H3,(H,14,15)/t11-/m1/s1. The molecule has 1 atom stereocenters. The van der Waals surface area contributed by atoms with Crippen molar-refractivity contribution in [3.8, 4) is 0 Å². The first-order valence-corrected chi connectivity index (χ1v) is 8.77.